The number of pyridine rings is 1. The molecular formula is C13H19N3O2. The largest absolute Gasteiger partial charge is 0.378 e. The highest BCUT2D eigenvalue weighted by Crippen LogP contribution is 1.99. The number of nitrogens with one attached hydrogen (secondary N) is 1. The Morgan fingerprint density at radius 1 is 1.39 bits per heavy atom. The Labute approximate surface area is 107 Å². The maximum atomic E-state index is 11.8. The normalized spacial score (nSPS) is 15.7. The molecule has 1 aliphatic rings. The summed E-state index contributed by atoms with van der Waals surface area (Å²) in [7, 11) is 0. The van der Waals surface area contributed by atoms with Crippen molar-refractivity contribution in [3.05, 3.63) is 30.1 Å². The second-order valence-electron chi connectivity index (χ2n) is 4.24. The third-order valence-electron chi connectivity index (χ3n) is 2.91. The molecule has 1 aromatic heterocycles. The number of hydrogen-bond acceptors (Lipinski definition) is 4. The number of morpholine rings is 1. The van der Waals surface area contributed by atoms with Gasteiger partial charge in [0.2, 0.25) is 5.91 Å². The fourth-order valence-electron chi connectivity index (χ4n) is 1.89. The van der Waals surface area contributed by atoms with Gasteiger partial charge in [-0.3, -0.25) is 9.78 Å². The molecule has 1 aliphatic heterocycles. The molecule has 0 saturated carbocycles. The smallest absolute Gasteiger partial charge is 0.224 e. The lowest BCUT2D eigenvalue weighted by Gasteiger charge is -2.26. The average molecular weight is 249 g/mol. The predicted molar refractivity (Wildman–Crippen MR) is 68.0 cm³/mol. The Hall–Kier alpha value is -1.46. The van der Waals surface area contributed by atoms with Crippen LogP contribution in [-0.2, 0) is 16.1 Å². The molecule has 1 fully saturated rings. The van der Waals surface area contributed by atoms with Gasteiger partial charge in [-0.25, -0.2) is 0 Å². The van der Waals surface area contributed by atoms with Crippen LogP contribution in [0.1, 0.15) is 12.1 Å². The highest BCUT2D eigenvalue weighted by molar-refractivity contribution is 5.76. The molecular weight excluding hydrogens is 230 g/mol. The first-order chi connectivity index (χ1) is 8.86. The molecule has 0 bridgehead atoms. The Morgan fingerprint density at radius 2 is 2.22 bits per heavy atom. The number of amides is 1. The maximum absolute atomic E-state index is 11.8. The van der Waals surface area contributed by atoms with E-state index in [0.717, 1.165) is 18.8 Å². The molecule has 0 aromatic carbocycles. The van der Waals surface area contributed by atoms with Gasteiger partial charge in [0.1, 0.15) is 0 Å². The second-order valence-corrected chi connectivity index (χ2v) is 4.24. The van der Waals surface area contributed by atoms with Crippen LogP contribution in [0, 0.1) is 0 Å². The Kier molecular flexibility index (Phi) is 5.11. The molecule has 5 heteroatoms. The van der Waals surface area contributed by atoms with E-state index in [-0.39, 0.29) is 5.91 Å². The van der Waals surface area contributed by atoms with Crippen LogP contribution in [0.3, 0.4) is 0 Å². The molecule has 0 spiro atoms. The predicted octanol–water partition coefficient (Wildman–Crippen LogP) is 0.420. The Bertz CT molecular complexity index is 364. The zero-order valence-corrected chi connectivity index (χ0v) is 10.5. The summed E-state index contributed by atoms with van der Waals surface area (Å²) in [6.45, 7) is 4.16. The highest BCUT2D eigenvalue weighted by Gasteiger charge is 2.15. The van der Waals surface area contributed by atoms with Crippen molar-refractivity contribution in [1.29, 1.82) is 0 Å². The molecule has 1 amide bonds. The molecule has 1 aromatic rings. The van der Waals surface area contributed by atoms with Crippen molar-refractivity contribution in [2.75, 3.05) is 32.8 Å². The van der Waals surface area contributed by atoms with E-state index in [1.54, 1.807) is 6.20 Å². The zero-order chi connectivity index (χ0) is 12.6. The molecule has 0 aliphatic carbocycles. The molecule has 0 atom stereocenters. The zero-order valence-electron chi connectivity index (χ0n) is 10.5. The molecule has 18 heavy (non-hydrogen) atoms. The standard InChI is InChI=1S/C13H19N3O2/c17-13(16-7-9-18-10-8-16)4-6-14-11-12-3-1-2-5-15-12/h1-3,5,14H,4,6-11H2. The second kappa shape index (κ2) is 7.08. The third-order valence-corrected chi connectivity index (χ3v) is 2.91. The van der Waals surface area contributed by atoms with Crippen molar-refractivity contribution in [1.82, 2.24) is 15.2 Å². The van der Waals surface area contributed by atoms with Gasteiger partial charge >= 0.3 is 0 Å². The minimum Gasteiger partial charge on any atom is -0.378 e. The van der Waals surface area contributed by atoms with Crippen LogP contribution in [0.2, 0.25) is 0 Å². The maximum Gasteiger partial charge on any atom is 0.224 e. The van der Waals surface area contributed by atoms with E-state index >= 15 is 0 Å². The first-order valence-corrected chi connectivity index (χ1v) is 6.32. The molecule has 5 nitrogen and oxygen atoms in total. The molecule has 1 saturated heterocycles. The Balaban J connectivity index is 1.61. The van der Waals surface area contributed by atoms with E-state index in [9.17, 15) is 4.79 Å². The minimum absolute atomic E-state index is 0.201. The van der Waals surface area contributed by atoms with Crippen molar-refractivity contribution in [2.45, 2.75) is 13.0 Å². The summed E-state index contributed by atoms with van der Waals surface area (Å²) in [6.07, 6.45) is 2.31. The molecule has 98 valence electrons. The van der Waals surface area contributed by atoms with Gasteiger partial charge < -0.3 is 15.0 Å². The lowest BCUT2D eigenvalue weighted by atomic mass is 10.3. The summed E-state index contributed by atoms with van der Waals surface area (Å²) in [6, 6.07) is 5.82. The number of rotatable bonds is 5. The number of carbonyl (C=O) groups excluding carboxylic acids is 1. The van der Waals surface area contributed by atoms with Crippen molar-refractivity contribution in [2.24, 2.45) is 0 Å². The van der Waals surface area contributed by atoms with Crippen LogP contribution in [0.25, 0.3) is 0 Å². The quantitative estimate of drug-likeness (QED) is 0.768. The minimum atomic E-state index is 0.201. The molecule has 1 N–H and O–H groups in total. The van der Waals surface area contributed by atoms with E-state index in [0.29, 0.717) is 32.7 Å². The SMILES string of the molecule is O=C(CCNCc1ccccn1)N1CCOCC1. The van der Waals surface area contributed by atoms with E-state index in [1.165, 1.54) is 0 Å². The fourth-order valence-corrected chi connectivity index (χ4v) is 1.89. The number of carbonyl (C=O) groups is 1. The van der Waals surface area contributed by atoms with Crippen LogP contribution in [0.15, 0.2) is 24.4 Å². The summed E-state index contributed by atoms with van der Waals surface area (Å²) >= 11 is 0. The lowest BCUT2D eigenvalue weighted by molar-refractivity contribution is -0.135. The highest BCUT2D eigenvalue weighted by atomic mass is 16.5. The summed E-state index contributed by atoms with van der Waals surface area (Å²) in [5.74, 6) is 0.201. The van der Waals surface area contributed by atoms with Gasteiger partial charge in [-0.05, 0) is 12.1 Å². The van der Waals surface area contributed by atoms with Crippen LogP contribution in [-0.4, -0.2) is 48.6 Å². The number of nitrogens with zero attached hydrogens (tertiary/aromatic N) is 2. The summed E-state index contributed by atoms with van der Waals surface area (Å²) in [4.78, 5) is 17.9. The number of aromatic nitrogens is 1. The topological polar surface area (TPSA) is 54.5 Å². The van der Waals surface area contributed by atoms with E-state index in [2.05, 4.69) is 10.3 Å². The lowest BCUT2D eigenvalue weighted by Crippen LogP contribution is -2.41. The van der Waals surface area contributed by atoms with E-state index < -0.39 is 0 Å². The molecule has 2 rings (SSSR count). The first-order valence-electron chi connectivity index (χ1n) is 6.32. The van der Waals surface area contributed by atoms with Gasteiger partial charge in [0.15, 0.2) is 0 Å². The van der Waals surface area contributed by atoms with Gasteiger partial charge in [0.05, 0.1) is 18.9 Å². The van der Waals surface area contributed by atoms with E-state index in [4.69, 9.17) is 4.74 Å². The van der Waals surface area contributed by atoms with Gasteiger partial charge in [0.25, 0.3) is 0 Å². The van der Waals surface area contributed by atoms with Crippen molar-refractivity contribution in [3.63, 3.8) is 0 Å². The molecule has 2 heterocycles. The Morgan fingerprint density at radius 3 is 2.94 bits per heavy atom. The van der Waals surface area contributed by atoms with Gasteiger partial charge in [0, 0.05) is 38.8 Å². The molecule has 0 radical (unpaired) electrons. The van der Waals surface area contributed by atoms with Gasteiger partial charge in [-0.1, -0.05) is 6.07 Å². The number of hydrogen-bond donors (Lipinski definition) is 1. The van der Waals surface area contributed by atoms with Crippen LogP contribution in [0.4, 0.5) is 0 Å². The summed E-state index contributed by atoms with van der Waals surface area (Å²) in [5, 5.41) is 3.23. The first kappa shape index (κ1) is 13.0. The van der Waals surface area contributed by atoms with E-state index in [1.807, 2.05) is 23.1 Å². The number of ether oxygens (including phenoxy) is 1. The molecule has 0 unspecified atom stereocenters. The van der Waals surface area contributed by atoms with Crippen LogP contribution >= 0.6 is 0 Å². The van der Waals surface area contributed by atoms with Crippen molar-refractivity contribution >= 4 is 5.91 Å². The van der Waals surface area contributed by atoms with Crippen LogP contribution < -0.4 is 5.32 Å². The van der Waals surface area contributed by atoms with Crippen molar-refractivity contribution < 1.29 is 9.53 Å². The fraction of sp³-hybridized carbons (Fsp3) is 0.538. The summed E-state index contributed by atoms with van der Waals surface area (Å²) in [5.41, 5.74) is 0.997. The average Bonchev–Trinajstić information content (AvgIpc) is 2.45. The van der Waals surface area contributed by atoms with Gasteiger partial charge in [-0.2, -0.15) is 0 Å². The van der Waals surface area contributed by atoms with Crippen LogP contribution in [0.5, 0.6) is 0 Å². The van der Waals surface area contributed by atoms with Crippen molar-refractivity contribution in [3.8, 4) is 0 Å². The van der Waals surface area contributed by atoms with Gasteiger partial charge in [-0.15, -0.1) is 0 Å². The summed E-state index contributed by atoms with van der Waals surface area (Å²) < 4.78 is 5.22. The monoisotopic (exact) mass is 249 g/mol. The third kappa shape index (κ3) is 4.09.